The summed E-state index contributed by atoms with van der Waals surface area (Å²) in [7, 11) is 0. The van der Waals surface area contributed by atoms with E-state index in [-0.39, 0.29) is 25.6 Å². The number of carboxylic acid groups (broad SMARTS) is 1. The molecule has 34 heavy (non-hydrogen) atoms. The van der Waals surface area contributed by atoms with Crippen LogP contribution in [-0.4, -0.2) is 70.4 Å². The van der Waals surface area contributed by atoms with Crippen LogP contribution < -0.4 is 0 Å². The Morgan fingerprint density at radius 3 is 2.00 bits per heavy atom. The molecular formula is C26H30N2O6. The number of carbonyl (C=O) groups is 3. The SMILES string of the molecule is C[C@H]1CN(C(=O)OCC2c3ccccc3-c3ccccc32)[C@@H](C(=O)O)CN1C(=O)OC(C)(C)C. The van der Waals surface area contributed by atoms with E-state index in [4.69, 9.17) is 9.47 Å². The van der Waals surface area contributed by atoms with Crippen LogP contribution in [0.5, 0.6) is 0 Å². The Bertz CT molecular complexity index is 1060. The van der Waals surface area contributed by atoms with Crippen LogP contribution in [0.4, 0.5) is 9.59 Å². The van der Waals surface area contributed by atoms with Crippen molar-refractivity contribution in [2.45, 2.75) is 51.3 Å². The average Bonchev–Trinajstić information content (AvgIpc) is 3.09. The molecule has 2 atom stereocenters. The van der Waals surface area contributed by atoms with Crippen molar-refractivity contribution < 1.29 is 29.0 Å². The highest BCUT2D eigenvalue weighted by Gasteiger charge is 2.43. The molecule has 2 amide bonds. The van der Waals surface area contributed by atoms with Gasteiger partial charge in [-0.3, -0.25) is 4.90 Å². The number of benzene rings is 2. The van der Waals surface area contributed by atoms with E-state index in [9.17, 15) is 19.5 Å². The minimum atomic E-state index is -1.22. The van der Waals surface area contributed by atoms with Crippen molar-refractivity contribution in [3.8, 4) is 11.1 Å². The van der Waals surface area contributed by atoms with Crippen LogP contribution in [0.2, 0.25) is 0 Å². The molecule has 0 spiro atoms. The first kappa shape index (κ1) is 23.6. The predicted octanol–water partition coefficient (Wildman–Crippen LogP) is 4.33. The number of hydrogen-bond acceptors (Lipinski definition) is 5. The fourth-order valence-electron chi connectivity index (χ4n) is 4.64. The van der Waals surface area contributed by atoms with E-state index in [0.29, 0.717) is 0 Å². The normalized spacial score (nSPS) is 19.9. The van der Waals surface area contributed by atoms with Gasteiger partial charge in [-0.15, -0.1) is 0 Å². The summed E-state index contributed by atoms with van der Waals surface area (Å²) in [4.78, 5) is 40.2. The fraction of sp³-hybridized carbons (Fsp3) is 0.423. The summed E-state index contributed by atoms with van der Waals surface area (Å²) in [6.45, 7) is 6.96. The molecular weight excluding hydrogens is 436 g/mol. The second kappa shape index (κ2) is 9.00. The third kappa shape index (κ3) is 4.58. The Balaban J connectivity index is 1.48. The molecule has 0 bridgehead atoms. The monoisotopic (exact) mass is 466 g/mol. The molecule has 8 heteroatoms. The van der Waals surface area contributed by atoms with Crippen LogP contribution >= 0.6 is 0 Å². The molecule has 0 radical (unpaired) electrons. The molecule has 1 aliphatic carbocycles. The maximum absolute atomic E-state index is 13.1. The summed E-state index contributed by atoms with van der Waals surface area (Å²) < 4.78 is 11.1. The third-order valence-electron chi connectivity index (χ3n) is 6.22. The van der Waals surface area contributed by atoms with E-state index in [2.05, 4.69) is 0 Å². The smallest absolute Gasteiger partial charge is 0.410 e. The molecule has 1 heterocycles. The van der Waals surface area contributed by atoms with Gasteiger partial charge in [-0.1, -0.05) is 48.5 Å². The Morgan fingerprint density at radius 1 is 0.912 bits per heavy atom. The zero-order valence-corrected chi connectivity index (χ0v) is 19.9. The maximum atomic E-state index is 13.1. The number of aliphatic carboxylic acids is 1. The van der Waals surface area contributed by atoms with Crippen molar-refractivity contribution in [1.29, 1.82) is 0 Å². The van der Waals surface area contributed by atoms with Crippen LogP contribution in [0.15, 0.2) is 48.5 Å². The number of piperazine rings is 1. The standard InChI is InChI=1S/C26H30N2O6/c1-16-13-28(22(23(29)30)14-27(16)25(32)34-26(2,3)4)24(31)33-15-21-19-11-7-5-9-17(19)18-10-6-8-12-20(18)21/h5-12,16,21-22H,13-15H2,1-4H3,(H,29,30)/t16-,22+/m0/s1. The van der Waals surface area contributed by atoms with Crippen LogP contribution in [0.3, 0.4) is 0 Å². The van der Waals surface area contributed by atoms with Gasteiger partial charge in [-0.25, -0.2) is 14.4 Å². The summed E-state index contributed by atoms with van der Waals surface area (Å²) in [5, 5.41) is 9.79. The summed E-state index contributed by atoms with van der Waals surface area (Å²) >= 11 is 0. The van der Waals surface area contributed by atoms with Gasteiger partial charge >= 0.3 is 18.2 Å². The topological polar surface area (TPSA) is 96.4 Å². The third-order valence-corrected chi connectivity index (χ3v) is 6.22. The lowest BCUT2D eigenvalue weighted by atomic mass is 9.98. The van der Waals surface area contributed by atoms with Crippen LogP contribution in [-0.2, 0) is 14.3 Å². The lowest BCUT2D eigenvalue weighted by Crippen LogP contribution is -2.63. The van der Waals surface area contributed by atoms with E-state index in [1.54, 1.807) is 27.7 Å². The first-order valence-corrected chi connectivity index (χ1v) is 11.4. The number of carbonyl (C=O) groups excluding carboxylic acids is 2. The Hall–Kier alpha value is -3.55. The van der Waals surface area contributed by atoms with Gasteiger partial charge in [0.1, 0.15) is 12.2 Å². The Labute approximate surface area is 199 Å². The first-order valence-electron chi connectivity index (χ1n) is 11.4. The van der Waals surface area contributed by atoms with Gasteiger partial charge < -0.3 is 19.5 Å². The number of fused-ring (bicyclic) bond motifs is 3. The van der Waals surface area contributed by atoms with Gasteiger partial charge in [0.15, 0.2) is 6.04 Å². The van der Waals surface area contributed by atoms with Crippen molar-refractivity contribution in [2.24, 2.45) is 0 Å². The number of rotatable bonds is 3. The van der Waals surface area contributed by atoms with Crippen molar-refractivity contribution in [3.05, 3.63) is 59.7 Å². The van der Waals surface area contributed by atoms with Gasteiger partial charge in [-0.2, -0.15) is 0 Å². The van der Waals surface area contributed by atoms with Crippen LogP contribution in [0.1, 0.15) is 44.7 Å². The molecule has 1 fully saturated rings. The Kier molecular flexibility index (Phi) is 6.25. The maximum Gasteiger partial charge on any atom is 0.410 e. The highest BCUT2D eigenvalue weighted by atomic mass is 16.6. The highest BCUT2D eigenvalue weighted by molar-refractivity contribution is 5.82. The van der Waals surface area contributed by atoms with E-state index >= 15 is 0 Å². The molecule has 180 valence electrons. The number of hydrogen-bond donors (Lipinski definition) is 1. The molecule has 1 N–H and O–H groups in total. The van der Waals surface area contributed by atoms with Gasteiger partial charge in [0.2, 0.25) is 0 Å². The molecule has 2 aromatic rings. The van der Waals surface area contributed by atoms with E-state index in [1.165, 1.54) is 9.80 Å². The summed E-state index contributed by atoms with van der Waals surface area (Å²) in [5.74, 6) is -1.32. The van der Waals surface area contributed by atoms with Crippen molar-refractivity contribution in [1.82, 2.24) is 9.80 Å². The van der Waals surface area contributed by atoms with Gasteiger partial charge in [-0.05, 0) is 49.9 Å². The second-order valence-electron chi connectivity index (χ2n) is 9.79. The zero-order valence-electron chi connectivity index (χ0n) is 19.9. The number of carboxylic acids is 1. The molecule has 0 unspecified atom stereocenters. The Morgan fingerprint density at radius 2 is 1.47 bits per heavy atom. The van der Waals surface area contributed by atoms with E-state index in [1.807, 2.05) is 48.5 Å². The van der Waals surface area contributed by atoms with Gasteiger partial charge in [0.25, 0.3) is 0 Å². The molecule has 0 saturated carbocycles. The fourth-order valence-corrected chi connectivity index (χ4v) is 4.64. The quantitative estimate of drug-likeness (QED) is 0.723. The molecule has 0 aromatic heterocycles. The summed E-state index contributed by atoms with van der Waals surface area (Å²) in [6.07, 6.45) is -1.30. The summed E-state index contributed by atoms with van der Waals surface area (Å²) in [6, 6.07) is 14.4. The van der Waals surface area contributed by atoms with Crippen LogP contribution in [0.25, 0.3) is 11.1 Å². The minimum Gasteiger partial charge on any atom is -0.480 e. The van der Waals surface area contributed by atoms with Crippen molar-refractivity contribution >= 4 is 18.2 Å². The highest BCUT2D eigenvalue weighted by Crippen LogP contribution is 2.44. The van der Waals surface area contributed by atoms with Gasteiger partial charge in [0.05, 0.1) is 12.6 Å². The average molecular weight is 467 g/mol. The minimum absolute atomic E-state index is 0.0346. The molecule has 1 aliphatic heterocycles. The number of nitrogens with zero attached hydrogens (tertiary/aromatic N) is 2. The predicted molar refractivity (Wildman–Crippen MR) is 126 cm³/mol. The van der Waals surface area contributed by atoms with E-state index in [0.717, 1.165) is 22.3 Å². The largest absolute Gasteiger partial charge is 0.480 e. The molecule has 2 aromatic carbocycles. The second-order valence-corrected chi connectivity index (χ2v) is 9.79. The first-order chi connectivity index (χ1) is 16.1. The van der Waals surface area contributed by atoms with Crippen molar-refractivity contribution in [2.75, 3.05) is 19.7 Å². The number of amides is 2. The van der Waals surface area contributed by atoms with E-state index < -0.39 is 35.8 Å². The molecule has 1 saturated heterocycles. The van der Waals surface area contributed by atoms with Gasteiger partial charge in [0, 0.05) is 12.5 Å². The lowest BCUT2D eigenvalue weighted by Gasteiger charge is -2.43. The lowest BCUT2D eigenvalue weighted by molar-refractivity contribution is -0.145. The van der Waals surface area contributed by atoms with Crippen LogP contribution in [0, 0.1) is 0 Å². The molecule has 8 nitrogen and oxygen atoms in total. The zero-order chi connectivity index (χ0) is 24.6. The summed E-state index contributed by atoms with van der Waals surface area (Å²) in [5.41, 5.74) is 3.67. The number of ether oxygens (including phenoxy) is 2. The van der Waals surface area contributed by atoms with Crippen molar-refractivity contribution in [3.63, 3.8) is 0 Å². The molecule has 2 aliphatic rings. The molecule has 4 rings (SSSR count).